The van der Waals surface area contributed by atoms with Gasteiger partial charge in [-0.15, -0.1) is 0 Å². The standard InChI is InChI=1S/C24H30N4O7S/c1-27(36(3,32)33)18-7-5-17(6-8-18)24(31)28-13-4-11-26-23(30)20-10-9-19(34-2)15-21(20)35-14-12-25-22(29)16-28/h5-10,15H,4,11-14,16H2,1-3H3,(H,25,29)(H,26,30). The minimum atomic E-state index is -3.44. The van der Waals surface area contributed by atoms with Crippen LogP contribution in [-0.2, 0) is 14.8 Å². The van der Waals surface area contributed by atoms with Crippen LogP contribution >= 0.6 is 0 Å². The van der Waals surface area contributed by atoms with Crippen molar-refractivity contribution < 1.29 is 32.3 Å². The van der Waals surface area contributed by atoms with Crippen molar-refractivity contribution >= 4 is 33.4 Å². The smallest absolute Gasteiger partial charge is 0.255 e. The van der Waals surface area contributed by atoms with Crippen molar-refractivity contribution in [2.24, 2.45) is 0 Å². The van der Waals surface area contributed by atoms with Crippen molar-refractivity contribution in [3.8, 4) is 11.5 Å². The zero-order valence-corrected chi connectivity index (χ0v) is 21.3. The highest BCUT2D eigenvalue weighted by Gasteiger charge is 2.21. The van der Waals surface area contributed by atoms with Gasteiger partial charge < -0.3 is 25.0 Å². The highest BCUT2D eigenvalue weighted by Crippen LogP contribution is 2.25. The third kappa shape index (κ3) is 6.87. The van der Waals surface area contributed by atoms with Gasteiger partial charge in [-0.2, -0.15) is 0 Å². The predicted molar refractivity (Wildman–Crippen MR) is 134 cm³/mol. The molecule has 194 valence electrons. The van der Waals surface area contributed by atoms with Crippen molar-refractivity contribution in [2.45, 2.75) is 6.42 Å². The van der Waals surface area contributed by atoms with Crippen LogP contribution in [-0.4, -0.2) is 84.2 Å². The van der Waals surface area contributed by atoms with E-state index in [2.05, 4.69) is 10.6 Å². The number of rotatable bonds is 4. The molecular formula is C24H30N4O7S. The summed E-state index contributed by atoms with van der Waals surface area (Å²) in [7, 11) is -0.502. The van der Waals surface area contributed by atoms with Crippen LogP contribution in [0.5, 0.6) is 11.5 Å². The molecule has 3 amide bonds. The first-order valence-electron chi connectivity index (χ1n) is 11.3. The average molecular weight is 519 g/mol. The molecule has 2 aromatic carbocycles. The van der Waals surface area contributed by atoms with E-state index in [1.54, 1.807) is 18.2 Å². The first-order chi connectivity index (χ1) is 17.1. The fourth-order valence-electron chi connectivity index (χ4n) is 3.52. The summed E-state index contributed by atoms with van der Waals surface area (Å²) in [5.74, 6) is -0.174. The molecule has 0 saturated carbocycles. The zero-order valence-electron chi connectivity index (χ0n) is 20.4. The first-order valence-corrected chi connectivity index (χ1v) is 13.1. The van der Waals surface area contributed by atoms with Crippen LogP contribution in [0.2, 0.25) is 0 Å². The summed E-state index contributed by atoms with van der Waals surface area (Å²) in [5, 5.41) is 5.54. The van der Waals surface area contributed by atoms with E-state index < -0.39 is 10.0 Å². The third-order valence-electron chi connectivity index (χ3n) is 5.60. The Morgan fingerprint density at radius 1 is 1.08 bits per heavy atom. The predicted octanol–water partition coefficient (Wildman–Crippen LogP) is 0.862. The van der Waals surface area contributed by atoms with Crippen LogP contribution in [0.3, 0.4) is 0 Å². The maximum atomic E-state index is 13.1. The van der Waals surface area contributed by atoms with Gasteiger partial charge in [0.1, 0.15) is 18.1 Å². The number of methoxy groups -OCH3 is 1. The molecule has 0 saturated heterocycles. The molecule has 1 aliphatic heterocycles. The summed E-state index contributed by atoms with van der Waals surface area (Å²) in [6.07, 6.45) is 1.50. The molecule has 0 radical (unpaired) electrons. The third-order valence-corrected chi connectivity index (χ3v) is 6.81. The van der Waals surface area contributed by atoms with Crippen molar-refractivity contribution in [1.82, 2.24) is 15.5 Å². The minimum absolute atomic E-state index is 0.114. The zero-order chi connectivity index (χ0) is 26.3. The number of ether oxygens (including phenoxy) is 2. The number of carbonyl (C=O) groups excluding carboxylic acids is 3. The Labute approximate surface area is 210 Å². The van der Waals surface area contributed by atoms with Gasteiger partial charge in [0.25, 0.3) is 11.8 Å². The number of benzene rings is 2. The van der Waals surface area contributed by atoms with Crippen LogP contribution in [0.4, 0.5) is 5.69 Å². The fourth-order valence-corrected chi connectivity index (χ4v) is 4.03. The summed E-state index contributed by atoms with van der Waals surface area (Å²) >= 11 is 0. The molecule has 0 aromatic heterocycles. The van der Waals surface area contributed by atoms with E-state index in [0.717, 1.165) is 10.6 Å². The molecule has 2 aromatic rings. The lowest BCUT2D eigenvalue weighted by atomic mass is 10.1. The Balaban J connectivity index is 1.73. The SMILES string of the molecule is COc1ccc2c(c1)OCCNC(=O)CN(C(=O)c1ccc(N(C)S(C)(=O)=O)cc1)CCCNC2=O. The molecule has 0 fully saturated rings. The number of sulfonamides is 1. The molecule has 12 heteroatoms. The Morgan fingerprint density at radius 2 is 1.81 bits per heavy atom. The number of nitrogens with one attached hydrogen (secondary N) is 2. The van der Waals surface area contributed by atoms with Crippen molar-refractivity contribution in [1.29, 1.82) is 0 Å². The Kier molecular flexibility index (Phi) is 8.75. The monoisotopic (exact) mass is 518 g/mol. The molecule has 1 heterocycles. The average Bonchev–Trinajstić information content (AvgIpc) is 2.86. The summed E-state index contributed by atoms with van der Waals surface area (Å²) in [6.45, 7) is 0.605. The van der Waals surface area contributed by atoms with Crippen molar-refractivity contribution in [3.05, 3.63) is 53.6 Å². The molecule has 1 aliphatic rings. The van der Waals surface area contributed by atoms with Crippen LogP contribution in [0.25, 0.3) is 0 Å². The molecular weight excluding hydrogens is 488 g/mol. The van der Waals surface area contributed by atoms with Crippen molar-refractivity contribution in [3.63, 3.8) is 0 Å². The summed E-state index contributed by atoms with van der Waals surface area (Å²) in [6, 6.07) is 11.0. The molecule has 0 spiro atoms. The van der Waals surface area contributed by atoms with E-state index in [1.807, 2.05) is 0 Å². The van der Waals surface area contributed by atoms with E-state index in [0.29, 0.717) is 34.7 Å². The van der Waals surface area contributed by atoms with Gasteiger partial charge in [-0.05, 0) is 42.8 Å². The lowest BCUT2D eigenvalue weighted by Crippen LogP contribution is -2.43. The molecule has 2 N–H and O–H groups in total. The lowest BCUT2D eigenvalue weighted by Gasteiger charge is -2.23. The number of amides is 3. The number of fused-ring (bicyclic) bond motifs is 1. The normalized spacial score (nSPS) is 15.5. The van der Waals surface area contributed by atoms with E-state index in [1.165, 1.54) is 43.3 Å². The first kappa shape index (κ1) is 26.8. The van der Waals surface area contributed by atoms with Gasteiger partial charge in [0.2, 0.25) is 15.9 Å². The van der Waals surface area contributed by atoms with Gasteiger partial charge in [-0.25, -0.2) is 8.42 Å². The van der Waals surface area contributed by atoms with Gasteiger partial charge in [0, 0.05) is 31.8 Å². The lowest BCUT2D eigenvalue weighted by molar-refractivity contribution is -0.121. The van der Waals surface area contributed by atoms with Crippen LogP contribution in [0.15, 0.2) is 42.5 Å². The summed E-state index contributed by atoms with van der Waals surface area (Å²) in [4.78, 5) is 39.8. The Bertz CT molecular complexity index is 1220. The van der Waals surface area contributed by atoms with E-state index in [-0.39, 0.29) is 50.5 Å². The van der Waals surface area contributed by atoms with Gasteiger partial charge >= 0.3 is 0 Å². The second-order valence-corrected chi connectivity index (χ2v) is 10.2. The Hall–Kier alpha value is -3.80. The van der Waals surface area contributed by atoms with Crippen LogP contribution < -0.4 is 24.4 Å². The summed E-state index contributed by atoms with van der Waals surface area (Å²) in [5.41, 5.74) is 1.06. The number of hydrogen-bond acceptors (Lipinski definition) is 7. The van der Waals surface area contributed by atoms with Crippen LogP contribution in [0, 0.1) is 0 Å². The highest BCUT2D eigenvalue weighted by atomic mass is 32.2. The Morgan fingerprint density at radius 3 is 2.47 bits per heavy atom. The fraction of sp³-hybridized carbons (Fsp3) is 0.375. The number of nitrogens with zero attached hydrogens (tertiary/aromatic N) is 2. The molecule has 0 aliphatic carbocycles. The number of anilines is 1. The van der Waals surface area contributed by atoms with E-state index >= 15 is 0 Å². The molecule has 3 rings (SSSR count). The number of hydrogen-bond donors (Lipinski definition) is 2. The molecule has 0 atom stereocenters. The maximum Gasteiger partial charge on any atom is 0.255 e. The maximum absolute atomic E-state index is 13.1. The molecule has 36 heavy (non-hydrogen) atoms. The van der Waals surface area contributed by atoms with E-state index in [4.69, 9.17) is 9.47 Å². The second kappa shape index (κ2) is 11.8. The minimum Gasteiger partial charge on any atom is -0.497 e. The summed E-state index contributed by atoms with van der Waals surface area (Å²) < 4.78 is 35.5. The highest BCUT2D eigenvalue weighted by molar-refractivity contribution is 7.92. The number of carbonyl (C=O) groups is 3. The van der Waals surface area contributed by atoms with Crippen LogP contribution in [0.1, 0.15) is 27.1 Å². The molecule has 11 nitrogen and oxygen atoms in total. The van der Waals surface area contributed by atoms with Gasteiger partial charge in [0.05, 0.1) is 37.7 Å². The van der Waals surface area contributed by atoms with Gasteiger partial charge in [0.15, 0.2) is 0 Å². The molecule has 0 bridgehead atoms. The topological polar surface area (TPSA) is 134 Å². The largest absolute Gasteiger partial charge is 0.497 e. The van der Waals surface area contributed by atoms with Crippen molar-refractivity contribution in [2.75, 3.05) is 57.5 Å². The molecule has 0 unspecified atom stereocenters. The second-order valence-electron chi connectivity index (χ2n) is 8.17. The van der Waals surface area contributed by atoms with Gasteiger partial charge in [-0.1, -0.05) is 0 Å². The quantitative estimate of drug-likeness (QED) is 0.613. The van der Waals surface area contributed by atoms with E-state index in [9.17, 15) is 22.8 Å². The van der Waals surface area contributed by atoms with Gasteiger partial charge in [-0.3, -0.25) is 18.7 Å².